The van der Waals surface area contributed by atoms with Crippen molar-refractivity contribution in [3.63, 3.8) is 0 Å². The molecular weight excluding hydrogens is 326 g/mol. The van der Waals surface area contributed by atoms with Crippen LogP contribution in [0.2, 0.25) is 0 Å². The number of anilines is 3. The molecule has 0 radical (unpaired) electrons. The average molecular weight is 353 g/mol. The third-order valence-corrected chi connectivity index (χ3v) is 4.56. The minimum Gasteiger partial charge on any atom is -0.372 e. The molecule has 0 aliphatic rings. The zero-order chi connectivity index (χ0) is 19.3. The van der Waals surface area contributed by atoms with E-state index in [1.165, 1.54) is 0 Å². The molecule has 0 spiro atoms. The summed E-state index contributed by atoms with van der Waals surface area (Å²) >= 11 is 0. The van der Waals surface area contributed by atoms with E-state index >= 15 is 0 Å². The summed E-state index contributed by atoms with van der Waals surface area (Å²) in [5.74, 6) is -1.36. The molecule has 0 saturated heterocycles. The summed E-state index contributed by atoms with van der Waals surface area (Å²) in [5.41, 5.74) is 5.47. The number of benzene rings is 2. The molecule has 2 rings (SSSR count). The highest BCUT2D eigenvalue weighted by Gasteiger charge is 2.16. The lowest BCUT2D eigenvalue weighted by atomic mass is 10.1. The molecule has 0 atom stereocenters. The first-order valence-electron chi connectivity index (χ1n) is 8.90. The largest absolute Gasteiger partial charge is 0.372 e. The van der Waals surface area contributed by atoms with Gasteiger partial charge in [-0.3, -0.25) is 9.59 Å². The van der Waals surface area contributed by atoms with Crippen LogP contribution in [0, 0.1) is 20.8 Å². The van der Waals surface area contributed by atoms with Crippen LogP contribution in [0.5, 0.6) is 0 Å². The Morgan fingerprint density at radius 2 is 1.46 bits per heavy atom. The number of nitrogens with one attached hydrogen (secondary N) is 2. The molecule has 26 heavy (non-hydrogen) atoms. The van der Waals surface area contributed by atoms with Crippen LogP contribution in [0.1, 0.15) is 30.5 Å². The van der Waals surface area contributed by atoms with Crippen molar-refractivity contribution in [3.8, 4) is 0 Å². The summed E-state index contributed by atoms with van der Waals surface area (Å²) in [4.78, 5) is 26.6. The van der Waals surface area contributed by atoms with Crippen molar-refractivity contribution in [2.75, 3.05) is 28.6 Å². The Bertz CT molecular complexity index is 811. The fraction of sp³-hybridized carbons (Fsp3) is 0.333. The summed E-state index contributed by atoms with van der Waals surface area (Å²) in [7, 11) is 0. The van der Waals surface area contributed by atoms with Gasteiger partial charge in [0, 0.05) is 30.2 Å². The van der Waals surface area contributed by atoms with Crippen LogP contribution in [0.25, 0.3) is 0 Å². The predicted octanol–water partition coefficient (Wildman–Crippen LogP) is 4.04. The van der Waals surface area contributed by atoms with Crippen LogP contribution >= 0.6 is 0 Å². The van der Waals surface area contributed by atoms with Crippen molar-refractivity contribution in [1.29, 1.82) is 0 Å². The van der Waals surface area contributed by atoms with Gasteiger partial charge in [0.2, 0.25) is 0 Å². The van der Waals surface area contributed by atoms with E-state index in [0.717, 1.165) is 35.5 Å². The smallest absolute Gasteiger partial charge is 0.314 e. The molecule has 5 heteroatoms. The standard InChI is InChI=1S/C21H27N3O2/c1-6-24(7-2)18-10-11-19(16(5)13-18)23-21(26)20(25)22-17-9-8-14(3)15(4)12-17/h8-13H,6-7H2,1-5H3,(H,22,25)(H,23,26). The van der Waals surface area contributed by atoms with Crippen molar-refractivity contribution in [3.05, 3.63) is 53.1 Å². The lowest BCUT2D eigenvalue weighted by Crippen LogP contribution is -2.29. The molecule has 2 aromatic carbocycles. The molecule has 0 heterocycles. The van der Waals surface area contributed by atoms with E-state index in [1.54, 1.807) is 6.07 Å². The number of nitrogens with zero attached hydrogens (tertiary/aromatic N) is 1. The summed E-state index contributed by atoms with van der Waals surface area (Å²) < 4.78 is 0. The van der Waals surface area contributed by atoms with Crippen molar-refractivity contribution < 1.29 is 9.59 Å². The van der Waals surface area contributed by atoms with Gasteiger partial charge < -0.3 is 15.5 Å². The molecule has 2 amide bonds. The van der Waals surface area contributed by atoms with E-state index in [0.29, 0.717) is 11.4 Å². The van der Waals surface area contributed by atoms with Gasteiger partial charge in [-0.2, -0.15) is 0 Å². The molecule has 0 saturated carbocycles. The summed E-state index contributed by atoms with van der Waals surface area (Å²) in [6.07, 6.45) is 0. The van der Waals surface area contributed by atoms with E-state index in [9.17, 15) is 9.59 Å². The molecule has 0 aliphatic carbocycles. The third-order valence-electron chi connectivity index (χ3n) is 4.56. The second kappa shape index (κ2) is 8.52. The lowest BCUT2D eigenvalue weighted by Gasteiger charge is -2.22. The summed E-state index contributed by atoms with van der Waals surface area (Å²) in [5, 5.41) is 5.33. The van der Waals surface area contributed by atoms with Crippen LogP contribution in [0.3, 0.4) is 0 Å². The highest BCUT2D eigenvalue weighted by molar-refractivity contribution is 6.43. The highest BCUT2D eigenvalue weighted by atomic mass is 16.2. The van der Waals surface area contributed by atoms with Crippen LogP contribution in [0.15, 0.2) is 36.4 Å². The van der Waals surface area contributed by atoms with Crippen LogP contribution in [-0.2, 0) is 9.59 Å². The summed E-state index contributed by atoms with van der Waals surface area (Å²) in [6.45, 7) is 11.9. The van der Waals surface area contributed by atoms with Crippen LogP contribution < -0.4 is 15.5 Å². The van der Waals surface area contributed by atoms with E-state index in [-0.39, 0.29) is 0 Å². The molecular formula is C21H27N3O2. The first-order chi connectivity index (χ1) is 12.3. The lowest BCUT2D eigenvalue weighted by molar-refractivity contribution is -0.133. The second-order valence-electron chi connectivity index (χ2n) is 6.38. The Labute approximate surface area is 155 Å². The molecule has 5 nitrogen and oxygen atoms in total. The number of hydrogen-bond donors (Lipinski definition) is 2. The Kier molecular flexibility index (Phi) is 6.39. The average Bonchev–Trinajstić information content (AvgIpc) is 2.61. The topological polar surface area (TPSA) is 61.4 Å². The number of hydrogen-bond acceptors (Lipinski definition) is 3. The monoisotopic (exact) mass is 353 g/mol. The van der Waals surface area contributed by atoms with E-state index in [4.69, 9.17) is 0 Å². The number of rotatable bonds is 5. The first-order valence-corrected chi connectivity index (χ1v) is 8.90. The molecule has 2 aromatic rings. The van der Waals surface area contributed by atoms with Gasteiger partial charge in [0.25, 0.3) is 0 Å². The normalized spacial score (nSPS) is 10.3. The summed E-state index contributed by atoms with van der Waals surface area (Å²) in [6, 6.07) is 11.4. The predicted molar refractivity (Wildman–Crippen MR) is 108 cm³/mol. The second-order valence-corrected chi connectivity index (χ2v) is 6.38. The molecule has 2 N–H and O–H groups in total. The van der Waals surface area contributed by atoms with Gasteiger partial charge >= 0.3 is 11.8 Å². The van der Waals surface area contributed by atoms with Gasteiger partial charge in [0.05, 0.1) is 0 Å². The zero-order valence-corrected chi connectivity index (χ0v) is 16.1. The van der Waals surface area contributed by atoms with Crippen molar-refractivity contribution in [2.45, 2.75) is 34.6 Å². The zero-order valence-electron chi connectivity index (χ0n) is 16.1. The van der Waals surface area contributed by atoms with E-state index in [1.807, 2.05) is 51.1 Å². The van der Waals surface area contributed by atoms with Gasteiger partial charge in [-0.05, 0) is 81.6 Å². The molecule has 0 aromatic heterocycles. The SMILES string of the molecule is CCN(CC)c1ccc(NC(=O)C(=O)Nc2ccc(C)c(C)c2)c(C)c1. The van der Waals surface area contributed by atoms with E-state index < -0.39 is 11.8 Å². The Morgan fingerprint density at radius 3 is 2.04 bits per heavy atom. The number of aryl methyl sites for hydroxylation is 3. The maximum Gasteiger partial charge on any atom is 0.314 e. The van der Waals surface area contributed by atoms with Crippen LogP contribution in [0.4, 0.5) is 17.1 Å². The Balaban J connectivity index is 2.06. The molecule has 138 valence electrons. The molecule has 0 aliphatic heterocycles. The van der Waals surface area contributed by atoms with Crippen LogP contribution in [-0.4, -0.2) is 24.9 Å². The minimum absolute atomic E-state index is 0.613. The number of carbonyl (C=O) groups is 2. The van der Waals surface area contributed by atoms with Gasteiger partial charge in [-0.1, -0.05) is 6.07 Å². The molecule has 0 fully saturated rings. The maximum atomic E-state index is 12.2. The minimum atomic E-state index is -0.680. The Hall–Kier alpha value is -2.82. The van der Waals surface area contributed by atoms with Crippen molar-refractivity contribution in [1.82, 2.24) is 0 Å². The Morgan fingerprint density at radius 1 is 0.808 bits per heavy atom. The van der Waals surface area contributed by atoms with Gasteiger partial charge in [0.15, 0.2) is 0 Å². The maximum absolute atomic E-state index is 12.2. The van der Waals surface area contributed by atoms with Crippen molar-refractivity contribution in [2.24, 2.45) is 0 Å². The van der Waals surface area contributed by atoms with Crippen molar-refractivity contribution >= 4 is 28.9 Å². The fourth-order valence-corrected chi connectivity index (χ4v) is 2.76. The molecule has 0 unspecified atom stereocenters. The highest BCUT2D eigenvalue weighted by Crippen LogP contribution is 2.23. The fourth-order valence-electron chi connectivity index (χ4n) is 2.76. The van der Waals surface area contributed by atoms with Gasteiger partial charge in [-0.25, -0.2) is 0 Å². The number of amides is 2. The molecule has 0 bridgehead atoms. The van der Waals surface area contributed by atoms with Gasteiger partial charge in [0.1, 0.15) is 0 Å². The third kappa shape index (κ3) is 4.63. The quantitative estimate of drug-likeness (QED) is 0.798. The number of carbonyl (C=O) groups excluding carboxylic acids is 2. The van der Waals surface area contributed by atoms with Gasteiger partial charge in [-0.15, -0.1) is 0 Å². The van der Waals surface area contributed by atoms with E-state index in [2.05, 4.69) is 29.4 Å². The first kappa shape index (κ1) is 19.5.